The van der Waals surface area contributed by atoms with Gasteiger partial charge in [0.2, 0.25) is 5.69 Å². The standard InChI is InChI=1S/C28H27N7/c1-5-22-18(2)23(15-29)27-31-25-13-9-10-14-26(25)35(27)28(22)32-30-16-24-19(3)33-34(20(24)4)17-21-11-7-6-8-12-21/h6-14,16H,5,17H2,1-4H3,(H,31,32)/p+1. The van der Waals surface area contributed by atoms with Crippen LogP contribution in [0.15, 0.2) is 59.7 Å². The van der Waals surface area contributed by atoms with Crippen molar-refractivity contribution in [3.8, 4) is 6.07 Å². The van der Waals surface area contributed by atoms with Crippen molar-refractivity contribution < 1.29 is 4.68 Å². The fraction of sp³-hybridized carbons (Fsp3) is 0.214. The summed E-state index contributed by atoms with van der Waals surface area (Å²) in [6, 6.07) is 20.7. The maximum atomic E-state index is 9.89. The van der Waals surface area contributed by atoms with E-state index in [1.807, 2.05) is 47.9 Å². The Bertz CT molecular complexity index is 1610. The summed E-state index contributed by atoms with van der Waals surface area (Å²) in [5, 5.41) is 18.0. The van der Waals surface area contributed by atoms with Crippen molar-refractivity contribution in [2.45, 2.75) is 40.7 Å². The van der Waals surface area contributed by atoms with Gasteiger partial charge in [0.25, 0.3) is 0 Å². The molecule has 0 aliphatic carbocycles. The molecule has 0 saturated heterocycles. The second-order valence-corrected chi connectivity index (χ2v) is 8.73. The van der Waals surface area contributed by atoms with Gasteiger partial charge in [-0.3, -0.25) is 9.83 Å². The Hall–Kier alpha value is -4.44. The second kappa shape index (κ2) is 9.07. The first-order valence-corrected chi connectivity index (χ1v) is 11.8. The number of nitriles is 1. The normalized spacial score (nSPS) is 11.5. The van der Waals surface area contributed by atoms with E-state index in [9.17, 15) is 5.26 Å². The third kappa shape index (κ3) is 3.83. The number of aromatic amines is 1. The maximum absolute atomic E-state index is 9.89. The number of anilines is 1. The minimum absolute atomic E-state index is 0.604. The molecule has 0 unspecified atom stereocenters. The molecular formula is C28H28N7+. The highest BCUT2D eigenvalue weighted by Gasteiger charge is 2.21. The lowest BCUT2D eigenvalue weighted by Gasteiger charge is -2.15. The lowest BCUT2D eigenvalue weighted by molar-refractivity contribution is -0.747. The quantitative estimate of drug-likeness (QED) is 0.213. The predicted molar refractivity (Wildman–Crippen MR) is 139 cm³/mol. The summed E-state index contributed by atoms with van der Waals surface area (Å²) >= 11 is 0. The lowest BCUT2D eigenvalue weighted by atomic mass is 10.0. The van der Waals surface area contributed by atoms with Crippen molar-refractivity contribution in [2.75, 3.05) is 5.43 Å². The van der Waals surface area contributed by atoms with E-state index in [0.717, 1.165) is 57.9 Å². The zero-order valence-corrected chi connectivity index (χ0v) is 20.4. The molecule has 0 spiro atoms. The molecule has 0 radical (unpaired) electrons. The number of H-pyrrole nitrogens is 1. The van der Waals surface area contributed by atoms with Crippen molar-refractivity contribution in [2.24, 2.45) is 5.10 Å². The van der Waals surface area contributed by atoms with Crippen LogP contribution in [0.25, 0.3) is 16.7 Å². The van der Waals surface area contributed by atoms with Gasteiger partial charge in [0.05, 0.1) is 34.1 Å². The molecule has 35 heavy (non-hydrogen) atoms. The summed E-state index contributed by atoms with van der Waals surface area (Å²) < 4.78 is 4.15. The van der Waals surface area contributed by atoms with E-state index in [1.165, 1.54) is 5.56 Å². The molecule has 7 heteroatoms. The van der Waals surface area contributed by atoms with Crippen molar-refractivity contribution in [1.29, 1.82) is 5.26 Å². The van der Waals surface area contributed by atoms with Gasteiger partial charge in [-0.05, 0) is 43.5 Å². The zero-order chi connectivity index (χ0) is 24.5. The van der Waals surface area contributed by atoms with Gasteiger partial charge in [0.15, 0.2) is 12.2 Å². The summed E-state index contributed by atoms with van der Waals surface area (Å²) in [5.41, 5.74) is 12.8. The highest BCUT2D eigenvalue weighted by atomic mass is 15.3. The van der Waals surface area contributed by atoms with Crippen molar-refractivity contribution in [3.05, 3.63) is 93.8 Å². The zero-order valence-electron chi connectivity index (χ0n) is 20.4. The molecule has 0 aliphatic heterocycles. The number of nitrogens with one attached hydrogen (secondary N) is 2. The molecule has 0 atom stereocenters. The van der Waals surface area contributed by atoms with Crippen molar-refractivity contribution in [3.63, 3.8) is 0 Å². The van der Waals surface area contributed by atoms with E-state index in [0.29, 0.717) is 11.2 Å². The van der Waals surface area contributed by atoms with Gasteiger partial charge in [-0.25, -0.2) is 4.98 Å². The van der Waals surface area contributed by atoms with Crippen molar-refractivity contribution >= 4 is 28.7 Å². The Labute approximate surface area is 204 Å². The van der Waals surface area contributed by atoms with E-state index in [1.54, 1.807) is 0 Å². The second-order valence-electron chi connectivity index (χ2n) is 8.73. The van der Waals surface area contributed by atoms with Crippen LogP contribution in [0.3, 0.4) is 0 Å². The number of para-hydroxylation sites is 2. The largest absolute Gasteiger partial charge is 0.276 e. The van der Waals surface area contributed by atoms with Gasteiger partial charge >= 0.3 is 0 Å². The molecule has 0 aliphatic rings. The number of imidazole rings is 1. The number of rotatable bonds is 6. The molecule has 7 nitrogen and oxygen atoms in total. The average Bonchev–Trinajstić information content (AvgIpc) is 3.37. The third-order valence-corrected chi connectivity index (χ3v) is 6.64. The minimum atomic E-state index is 0.604. The molecular weight excluding hydrogens is 434 g/mol. The highest BCUT2D eigenvalue weighted by Crippen LogP contribution is 2.31. The summed E-state index contributed by atoms with van der Waals surface area (Å²) in [6.45, 7) is 9.00. The van der Waals surface area contributed by atoms with Crippen LogP contribution in [0.2, 0.25) is 0 Å². The van der Waals surface area contributed by atoms with E-state index in [-0.39, 0.29) is 0 Å². The number of hydrogen-bond acceptors (Lipinski definition) is 4. The van der Waals surface area contributed by atoms with E-state index >= 15 is 0 Å². The number of benzene rings is 2. The number of nitrogens with zero attached hydrogens (tertiary/aromatic N) is 5. The summed E-state index contributed by atoms with van der Waals surface area (Å²) in [7, 11) is 0. The maximum Gasteiger partial charge on any atom is 0.214 e. The van der Waals surface area contributed by atoms with Gasteiger partial charge < -0.3 is 0 Å². The molecule has 0 fully saturated rings. The molecule has 5 aromatic rings. The fourth-order valence-corrected chi connectivity index (χ4v) is 4.77. The van der Waals surface area contributed by atoms with E-state index < -0.39 is 0 Å². The molecule has 2 N–H and O–H groups in total. The molecule has 0 amide bonds. The third-order valence-electron chi connectivity index (χ3n) is 6.64. The fourth-order valence-electron chi connectivity index (χ4n) is 4.77. The monoisotopic (exact) mass is 462 g/mol. The van der Waals surface area contributed by atoms with Crippen LogP contribution in [-0.2, 0) is 13.0 Å². The molecule has 3 aromatic heterocycles. The molecule has 174 valence electrons. The first-order valence-electron chi connectivity index (χ1n) is 11.8. The van der Waals surface area contributed by atoms with E-state index in [2.05, 4.69) is 71.4 Å². The highest BCUT2D eigenvalue weighted by molar-refractivity contribution is 5.87. The Morgan fingerprint density at radius 2 is 1.86 bits per heavy atom. The Morgan fingerprint density at radius 1 is 1.11 bits per heavy atom. The number of aromatic nitrogens is 4. The van der Waals surface area contributed by atoms with Crippen LogP contribution in [0, 0.1) is 32.1 Å². The van der Waals surface area contributed by atoms with E-state index in [4.69, 9.17) is 4.98 Å². The first kappa shape index (κ1) is 22.4. The Morgan fingerprint density at radius 3 is 2.60 bits per heavy atom. The smallest absolute Gasteiger partial charge is 0.214 e. The molecule has 0 bridgehead atoms. The lowest BCUT2D eigenvalue weighted by Crippen LogP contribution is -2.39. The minimum Gasteiger partial charge on any atom is -0.276 e. The van der Waals surface area contributed by atoms with Crippen LogP contribution in [-0.4, -0.2) is 20.7 Å². The van der Waals surface area contributed by atoms with Crippen molar-refractivity contribution in [1.82, 2.24) is 14.5 Å². The van der Waals surface area contributed by atoms with Gasteiger partial charge in [0, 0.05) is 12.5 Å². The molecule has 2 aromatic carbocycles. The van der Waals surface area contributed by atoms with Crippen LogP contribution in [0.4, 0.5) is 5.82 Å². The molecule has 0 saturated carbocycles. The number of hydrogen-bond donors (Lipinski definition) is 2. The molecule has 3 heterocycles. The number of pyridine rings is 1. The van der Waals surface area contributed by atoms with Gasteiger partial charge in [-0.15, -0.1) is 4.68 Å². The van der Waals surface area contributed by atoms with Crippen LogP contribution >= 0.6 is 0 Å². The number of fused-ring (bicyclic) bond motifs is 3. The predicted octanol–water partition coefficient (Wildman–Crippen LogP) is 4.96. The first-order chi connectivity index (χ1) is 17.0. The summed E-state index contributed by atoms with van der Waals surface area (Å²) in [4.78, 5) is 4.76. The molecule has 5 rings (SSSR count). The van der Waals surface area contributed by atoms with Gasteiger partial charge in [-0.2, -0.15) is 15.5 Å². The van der Waals surface area contributed by atoms with Crippen LogP contribution < -0.4 is 10.1 Å². The van der Waals surface area contributed by atoms with Crippen LogP contribution in [0.5, 0.6) is 0 Å². The summed E-state index contributed by atoms with van der Waals surface area (Å²) in [5.74, 6) is 0.840. The SMILES string of the molecule is CCc1c(C)c(C#N)c2nc3ccccc3n2c1NN=Cc1c(C)[nH][n+](Cc2ccccc2)c1C. The topological polar surface area (TPSA) is 85.2 Å². The summed E-state index contributed by atoms with van der Waals surface area (Å²) in [6.07, 6.45) is 2.63. The number of aryl methyl sites for hydroxylation is 1. The van der Waals surface area contributed by atoms with Gasteiger partial charge in [-0.1, -0.05) is 49.4 Å². The van der Waals surface area contributed by atoms with Crippen LogP contribution in [0.1, 0.15) is 46.1 Å². The van der Waals surface area contributed by atoms with Gasteiger partial charge in [0.1, 0.15) is 11.9 Å². The Kier molecular flexibility index (Phi) is 5.79. The number of hydrazone groups is 1. The average molecular weight is 463 g/mol. The Balaban J connectivity index is 1.56.